The zero-order chi connectivity index (χ0) is 20.8. The average Bonchev–Trinajstić information content (AvgIpc) is 2.83. The molecule has 30 heavy (non-hydrogen) atoms. The lowest BCUT2D eigenvalue weighted by atomic mass is 10.0. The third kappa shape index (κ3) is 4.63. The van der Waals surface area contributed by atoms with Crippen LogP contribution < -0.4 is 9.64 Å². The van der Waals surface area contributed by atoms with Crippen LogP contribution in [0.15, 0.2) is 73.1 Å². The molecule has 0 N–H and O–H groups in total. The zero-order valence-electron chi connectivity index (χ0n) is 16.5. The number of hydrogen-bond acceptors (Lipinski definition) is 6. The van der Waals surface area contributed by atoms with E-state index in [1.165, 1.54) is 0 Å². The molecule has 0 spiro atoms. The van der Waals surface area contributed by atoms with Crippen LogP contribution in [0.2, 0.25) is 0 Å². The number of carbonyl (C=O) groups excluding carboxylic acids is 2. The highest BCUT2D eigenvalue weighted by atomic mass is 16.5. The topological polar surface area (TPSA) is 75.6 Å². The standard InChI is InChI=1S/C23H22N4O3/c28-21(26-13-15-27(16-14-26)23-24-11-4-12-25-23)17-30-20-9-7-19(8-10-20)22(29)18-5-2-1-3-6-18/h1-12H,13-17H2. The van der Waals surface area contributed by atoms with Crippen LogP contribution in [0.3, 0.4) is 0 Å². The van der Waals surface area contributed by atoms with Crippen LogP contribution in [-0.4, -0.2) is 59.3 Å². The lowest BCUT2D eigenvalue weighted by Gasteiger charge is -2.34. The number of anilines is 1. The zero-order valence-corrected chi connectivity index (χ0v) is 16.5. The van der Waals surface area contributed by atoms with Crippen LogP contribution in [-0.2, 0) is 4.79 Å². The van der Waals surface area contributed by atoms with Crippen LogP contribution in [0.1, 0.15) is 15.9 Å². The van der Waals surface area contributed by atoms with Crippen LogP contribution in [0.4, 0.5) is 5.95 Å². The molecule has 0 atom stereocenters. The SMILES string of the molecule is O=C(c1ccccc1)c1ccc(OCC(=O)N2CCN(c3ncccn3)CC2)cc1. The van der Waals surface area contributed by atoms with Gasteiger partial charge in [0, 0.05) is 49.7 Å². The fraction of sp³-hybridized carbons (Fsp3) is 0.217. The molecule has 1 aliphatic heterocycles. The van der Waals surface area contributed by atoms with Crippen molar-refractivity contribution in [3.05, 3.63) is 84.2 Å². The highest BCUT2D eigenvalue weighted by Crippen LogP contribution is 2.16. The first-order chi connectivity index (χ1) is 14.7. The molecule has 2 heterocycles. The van der Waals surface area contributed by atoms with Crippen molar-refractivity contribution >= 4 is 17.6 Å². The fourth-order valence-corrected chi connectivity index (χ4v) is 3.31. The second-order valence-electron chi connectivity index (χ2n) is 6.92. The highest BCUT2D eigenvalue weighted by molar-refractivity contribution is 6.08. The van der Waals surface area contributed by atoms with Crippen molar-refractivity contribution in [2.24, 2.45) is 0 Å². The van der Waals surface area contributed by atoms with Crippen LogP contribution in [0, 0.1) is 0 Å². The minimum atomic E-state index is -0.0620. The summed E-state index contributed by atoms with van der Waals surface area (Å²) in [5.41, 5.74) is 1.22. The van der Waals surface area contributed by atoms with E-state index in [1.807, 2.05) is 18.2 Å². The molecular weight excluding hydrogens is 380 g/mol. The van der Waals surface area contributed by atoms with E-state index in [0.29, 0.717) is 49.0 Å². The largest absolute Gasteiger partial charge is 0.484 e. The summed E-state index contributed by atoms with van der Waals surface area (Å²) in [6.45, 7) is 2.54. The van der Waals surface area contributed by atoms with Crippen LogP contribution >= 0.6 is 0 Å². The molecule has 4 rings (SSSR count). The third-order valence-corrected chi connectivity index (χ3v) is 4.98. The van der Waals surface area contributed by atoms with Crippen molar-refractivity contribution in [1.82, 2.24) is 14.9 Å². The maximum Gasteiger partial charge on any atom is 0.260 e. The van der Waals surface area contributed by atoms with E-state index in [2.05, 4.69) is 14.9 Å². The van der Waals surface area contributed by atoms with Crippen molar-refractivity contribution in [1.29, 1.82) is 0 Å². The van der Waals surface area contributed by atoms with Gasteiger partial charge in [-0.2, -0.15) is 0 Å². The molecule has 3 aromatic rings. The summed E-state index contributed by atoms with van der Waals surface area (Å²) in [6.07, 6.45) is 3.43. The Kier molecular flexibility index (Phi) is 5.98. The monoisotopic (exact) mass is 402 g/mol. The Labute approximate surface area is 174 Å². The smallest absolute Gasteiger partial charge is 0.260 e. The van der Waals surface area contributed by atoms with E-state index in [1.54, 1.807) is 59.8 Å². The number of aromatic nitrogens is 2. The van der Waals surface area contributed by atoms with E-state index in [0.717, 1.165) is 0 Å². The normalized spacial score (nSPS) is 13.7. The summed E-state index contributed by atoms with van der Waals surface area (Å²) < 4.78 is 5.63. The molecule has 0 saturated carbocycles. The Balaban J connectivity index is 1.27. The van der Waals surface area contributed by atoms with E-state index in [9.17, 15) is 9.59 Å². The van der Waals surface area contributed by atoms with Gasteiger partial charge in [0.2, 0.25) is 5.95 Å². The lowest BCUT2D eigenvalue weighted by Crippen LogP contribution is -2.50. The predicted octanol–water partition coefficient (Wildman–Crippen LogP) is 2.44. The lowest BCUT2D eigenvalue weighted by molar-refractivity contribution is -0.133. The van der Waals surface area contributed by atoms with Gasteiger partial charge in [0.15, 0.2) is 12.4 Å². The molecule has 0 unspecified atom stereocenters. The number of rotatable bonds is 6. The molecule has 1 saturated heterocycles. The fourth-order valence-electron chi connectivity index (χ4n) is 3.31. The molecule has 1 fully saturated rings. The van der Waals surface area contributed by atoms with Gasteiger partial charge < -0.3 is 14.5 Å². The number of nitrogens with zero attached hydrogens (tertiary/aromatic N) is 4. The van der Waals surface area contributed by atoms with E-state index < -0.39 is 0 Å². The second kappa shape index (κ2) is 9.17. The number of benzene rings is 2. The molecule has 0 aliphatic carbocycles. The first-order valence-electron chi connectivity index (χ1n) is 9.83. The Bertz CT molecular complexity index is 986. The molecule has 1 aliphatic rings. The second-order valence-corrected chi connectivity index (χ2v) is 6.92. The van der Waals surface area contributed by atoms with Gasteiger partial charge in [-0.15, -0.1) is 0 Å². The molecule has 0 bridgehead atoms. The molecule has 152 valence electrons. The summed E-state index contributed by atoms with van der Waals surface area (Å²) in [5.74, 6) is 1.14. The summed E-state index contributed by atoms with van der Waals surface area (Å²) in [4.78, 5) is 37.3. The van der Waals surface area contributed by atoms with Gasteiger partial charge in [-0.1, -0.05) is 30.3 Å². The Morgan fingerprint density at radius 1 is 0.800 bits per heavy atom. The average molecular weight is 402 g/mol. The minimum absolute atomic E-state index is 0.0339. The molecule has 0 radical (unpaired) electrons. The molecular formula is C23H22N4O3. The quantitative estimate of drug-likeness (QED) is 0.590. The summed E-state index contributed by atoms with van der Waals surface area (Å²) >= 11 is 0. The Hall–Kier alpha value is -3.74. The minimum Gasteiger partial charge on any atom is -0.484 e. The van der Waals surface area contributed by atoms with E-state index in [4.69, 9.17) is 4.74 Å². The van der Waals surface area contributed by atoms with Gasteiger partial charge in [0.1, 0.15) is 5.75 Å². The van der Waals surface area contributed by atoms with Gasteiger partial charge in [-0.25, -0.2) is 9.97 Å². The van der Waals surface area contributed by atoms with Crippen molar-refractivity contribution in [3.8, 4) is 5.75 Å². The van der Waals surface area contributed by atoms with Crippen molar-refractivity contribution < 1.29 is 14.3 Å². The molecule has 1 amide bonds. The number of carbonyl (C=O) groups is 2. The number of amides is 1. The van der Waals surface area contributed by atoms with E-state index >= 15 is 0 Å². The summed E-state index contributed by atoms with van der Waals surface area (Å²) in [5, 5.41) is 0. The summed E-state index contributed by atoms with van der Waals surface area (Å²) in [6, 6.07) is 17.8. The number of ether oxygens (including phenoxy) is 1. The van der Waals surface area contributed by atoms with Gasteiger partial charge in [-0.3, -0.25) is 9.59 Å². The maximum atomic E-state index is 12.5. The van der Waals surface area contributed by atoms with E-state index in [-0.39, 0.29) is 18.3 Å². The third-order valence-electron chi connectivity index (χ3n) is 4.98. The molecule has 7 heteroatoms. The van der Waals surface area contributed by atoms with Crippen LogP contribution in [0.5, 0.6) is 5.75 Å². The first-order valence-corrected chi connectivity index (χ1v) is 9.83. The van der Waals surface area contributed by atoms with Crippen LogP contribution in [0.25, 0.3) is 0 Å². The molecule has 1 aromatic heterocycles. The Morgan fingerprint density at radius 2 is 1.43 bits per heavy atom. The maximum absolute atomic E-state index is 12.5. The van der Waals surface area contributed by atoms with Crippen molar-refractivity contribution in [3.63, 3.8) is 0 Å². The first kappa shape index (κ1) is 19.6. The number of ketones is 1. The predicted molar refractivity (Wildman–Crippen MR) is 113 cm³/mol. The van der Waals surface area contributed by atoms with Crippen molar-refractivity contribution in [2.75, 3.05) is 37.7 Å². The van der Waals surface area contributed by atoms with Gasteiger partial charge in [-0.05, 0) is 30.3 Å². The van der Waals surface area contributed by atoms with Crippen molar-refractivity contribution in [2.45, 2.75) is 0 Å². The number of hydrogen-bond donors (Lipinski definition) is 0. The number of piperazine rings is 1. The summed E-state index contributed by atoms with van der Waals surface area (Å²) in [7, 11) is 0. The Morgan fingerprint density at radius 3 is 2.10 bits per heavy atom. The van der Waals surface area contributed by atoms with Gasteiger partial charge in [0.05, 0.1) is 0 Å². The molecule has 2 aromatic carbocycles. The molecule has 7 nitrogen and oxygen atoms in total. The van der Waals surface area contributed by atoms with Gasteiger partial charge >= 0.3 is 0 Å². The highest BCUT2D eigenvalue weighted by Gasteiger charge is 2.22. The van der Waals surface area contributed by atoms with Gasteiger partial charge in [0.25, 0.3) is 5.91 Å².